The summed E-state index contributed by atoms with van der Waals surface area (Å²) in [6.07, 6.45) is 0.431. The number of benzene rings is 1. The van der Waals surface area contributed by atoms with Crippen molar-refractivity contribution in [1.29, 1.82) is 0 Å². The molecule has 27 heavy (non-hydrogen) atoms. The van der Waals surface area contributed by atoms with E-state index in [9.17, 15) is 25.3 Å². The lowest BCUT2D eigenvalue weighted by Crippen LogP contribution is -2.54. The van der Waals surface area contributed by atoms with Crippen molar-refractivity contribution in [1.82, 2.24) is 9.84 Å². The van der Waals surface area contributed by atoms with E-state index in [0.29, 0.717) is 5.75 Å². The summed E-state index contributed by atoms with van der Waals surface area (Å²) in [5, 5.41) is 0. The van der Waals surface area contributed by atoms with E-state index in [4.69, 9.17) is 4.74 Å². The van der Waals surface area contributed by atoms with Crippen molar-refractivity contribution < 1.29 is 30.0 Å². The minimum atomic E-state index is -4.08. The third kappa shape index (κ3) is 4.62. The van der Waals surface area contributed by atoms with Crippen molar-refractivity contribution in [3.63, 3.8) is 0 Å². The molecule has 0 aromatic heterocycles. The van der Waals surface area contributed by atoms with Crippen LogP contribution in [0.25, 0.3) is 0 Å². The number of methoxy groups -OCH3 is 1. The summed E-state index contributed by atoms with van der Waals surface area (Å²) in [6, 6.07) is 4.37. The van der Waals surface area contributed by atoms with Crippen molar-refractivity contribution in [3.8, 4) is 5.75 Å². The molecule has 2 aliphatic rings. The van der Waals surface area contributed by atoms with Crippen molar-refractivity contribution in [2.24, 2.45) is 0 Å². The average Bonchev–Trinajstić information content (AvgIpc) is 3.13. The first-order valence-electron chi connectivity index (χ1n) is 8.38. The third-order valence-electron chi connectivity index (χ3n) is 4.70. The molecule has 1 aromatic carbocycles. The fourth-order valence-electron chi connectivity index (χ4n) is 3.27. The van der Waals surface area contributed by atoms with Gasteiger partial charge < -0.3 is 4.74 Å². The molecule has 0 saturated carbocycles. The van der Waals surface area contributed by atoms with Crippen LogP contribution in [0.5, 0.6) is 5.75 Å². The Labute approximate surface area is 159 Å². The molecule has 12 heteroatoms. The maximum Gasteiger partial charge on any atom is 0.256 e. The number of nitrogens with zero attached hydrogens (tertiary/aromatic N) is 1. The number of sulfone groups is 2. The van der Waals surface area contributed by atoms with Crippen LogP contribution in [0, 0.1) is 0 Å². The fraction of sp³-hybridized carbons (Fsp3) is 0.600. The van der Waals surface area contributed by atoms with Gasteiger partial charge in [0.2, 0.25) is 0 Å². The van der Waals surface area contributed by atoms with Crippen molar-refractivity contribution in [2.75, 3.05) is 30.1 Å². The number of sulfonamides is 1. The molecule has 9 nitrogen and oxygen atoms in total. The first-order valence-corrected chi connectivity index (χ1v) is 13.5. The fourth-order valence-corrected chi connectivity index (χ4v) is 8.30. The van der Waals surface area contributed by atoms with Gasteiger partial charge in [0.15, 0.2) is 19.7 Å². The number of hydrogen-bond acceptors (Lipinski definition) is 8. The molecule has 0 radical (unpaired) electrons. The molecule has 0 unspecified atom stereocenters. The Balaban J connectivity index is 1.92. The molecule has 2 heterocycles. The van der Waals surface area contributed by atoms with Crippen LogP contribution >= 0.6 is 0 Å². The molecule has 3 rings (SSSR count). The van der Waals surface area contributed by atoms with Gasteiger partial charge in [0.1, 0.15) is 5.75 Å². The molecule has 0 amide bonds. The Hall–Kier alpha value is -1.21. The normalized spacial score (nSPS) is 27.0. The summed E-state index contributed by atoms with van der Waals surface area (Å²) >= 11 is 0. The van der Waals surface area contributed by atoms with E-state index in [1.807, 2.05) is 0 Å². The summed E-state index contributed by atoms with van der Waals surface area (Å²) in [6.45, 7) is 0. The molecule has 2 aliphatic heterocycles. The molecular formula is C15H22N2O7S3. The molecule has 0 bridgehead atoms. The molecule has 2 saturated heterocycles. The first kappa shape index (κ1) is 20.5. The predicted octanol–water partition coefficient (Wildman–Crippen LogP) is -0.435. The van der Waals surface area contributed by atoms with Crippen LogP contribution < -0.4 is 10.2 Å². The van der Waals surface area contributed by atoms with Crippen LogP contribution in [0.2, 0.25) is 0 Å². The monoisotopic (exact) mass is 438 g/mol. The van der Waals surface area contributed by atoms with Crippen LogP contribution in [-0.2, 0) is 29.7 Å². The average molecular weight is 439 g/mol. The first-order chi connectivity index (χ1) is 12.5. The van der Waals surface area contributed by atoms with Crippen LogP contribution in [0.4, 0.5) is 0 Å². The SMILES string of the molecule is COc1ccc(S(=O)(=O)N(N[C@@H]2CCS(=O)(=O)C2)[C@@H]2CCS(=O)(=O)C2)cc1. The zero-order valence-electron chi connectivity index (χ0n) is 14.7. The number of hydrazine groups is 1. The highest BCUT2D eigenvalue weighted by Crippen LogP contribution is 2.26. The van der Waals surface area contributed by atoms with E-state index in [-0.39, 0.29) is 40.7 Å². The Morgan fingerprint density at radius 3 is 2.07 bits per heavy atom. The van der Waals surface area contributed by atoms with Gasteiger partial charge in [0.05, 0.1) is 41.1 Å². The van der Waals surface area contributed by atoms with E-state index < -0.39 is 41.8 Å². The van der Waals surface area contributed by atoms with Gasteiger partial charge in [0.25, 0.3) is 10.0 Å². The number of rotatable bonds is 6. The largest absolute Gasteiger partial charge is 0.497 e. The summed E-state index contributed by atoms with van der Waals surface area (Å²) in [4.78, 5) is -0.0269. The van der Waals surface area contributed by atoms with E-state index in [1.54, 1.807) is 0 Å². The number of hydrogen-bond donors (Lipinski definition) is 1. The molecule has 2 atom stereocenters. The van der Waals surface area contributed by atoms with Gasteiger partial charge in [-0.25, -0.2) is 30.7 Å². The lowest BCUT2D eigenvalue weighted by atomic mass is 10.2. The molecule has 0 spiro atoms. The molecule has 2 fully saturated rings. The standard InChI is InChI=1S/C15H22N2O7S3/c1-24-14-2-4-15(5-3-14)27(22,23)17(13-7-9-26(20,21)11-13)16-12-6-8-25(18,19)10-12/h2-5,12-13,16H,6-11H2,1H3/t12-,13-/m1/s1. The van der Waals surface area contributed by atoms with E-state index in [1.165, 1.54) is 31.4 Å². The quantitative estimate of drug-likeness (QED) is 0.593. The maximum absolute atomic E-state index is 13.2. The van der Waals surface area contributed by atoms with Gasteiger partial charge in [0, 0.05) is 6.04 Å². The second kappa shape index (κ2) is 7.32. The second-order valence-electron chi connectivity index (χ2n) is 6.76. The summed E-state index contributed by atoms with van der Waals surface area (Å²) in [5.41, 5.74) is 2.79. The van der Waals surface area contributed by atoms with Crippen molar-refractivity contribution in [3.05, 3.63) is 24.3 Å². The molecule has 1 aromatic rings. The Bertz CT molecular complexity index is 1000. The maximum atomic E-state index is 13.2. The summed E-state index contributed by atoms with van der Waals surface area (Å²) in [5.74, 6) is -0.115. The Morgan fingerprint density at radius 1 is 1.00 bits per heavy atom. The van der Waals surface area contributed by atoms with E-state index >= 15 is 0 Å². The lowest BCUT2D eigenvalue weighted by Gasteiger charge is -2.30. The summed E-state index contributed by atoms with van der Waals surface area (Å²) < 4.78 is 79.5. The molecule has 1 N–H and O–H groups in total. The minimum Gasteiger partial charge on any atom is -0.497 e. The van der Waals surface area contributed by atoms with Gasteiger partial charge >= 0.3 is 0 Å². The number of nitrogens with one attached hydrogen (secondary N) is 1. The van der Waals surface area contributed by atoms with Gasteiger partial charge in [-0.2, -0.15) is 0 Å². The van der Waals surface area contributed by atoms with Crippen molar-refractivity contribution >= 4 is 29.7 Å². The topological polar surface area (TPSA) is 127 Å². The van der Waals surface area contributed by atoms with Gasteiger partial charge in [-0.15, -0.1) is 4.41 Å². The highest BCUT2D eigenvalue weighted by molar-refractivity contribution is 7.92. The Morgan fingerprint density at radius 2 is 1.59 bits per heavy atom. The highest BCUT2D eigenvalue weighted by Gasteiger charge is 2.41. The van der Waals surface area contributed by atoms with Gasteiger partial charge in [-0.05, 0) is 37.1 Å². The number of ether oxygens (including phenoxy) is 1. The second-order valence-corrected chi connectivity index (χ2v) is 13.0. The molecular weight excluding hydrogens is 416 g/mol. The Kier molecular flexibility index (Phi) is 5.56. The zero-order valence-corrected chi connectivity index (χ0v) is 17.2. The van der Waals surface area contributed by atoms with Crippen LogP contribution in [0.1, 0.15) is 12.8 Å². The predicted molar refractivity (Wildman–Crippen MR) is 99.3 cm³/mol. The van der Waals surface area contributed by atoms with Crippen LogP contribution in [0.15, 0.2) is 29.2 Å². The van der Waals surface area contributed by atoms with E-state index in [2.05, 4.69) is 5.43 Å². The van der Waals surface area contributed by atoms with Crippen molar-refractivity contribution in [2.45, 2.75) is 29.8 Å². The third-order valence-corrected chi connectivity index (χ3v) is 10.0. The van der Waals surface area contributed by atoms with Gasteiger partial charge in [-0.1, -0.05) is 0 Å². The summed E-state index contributed by atoms with van der Waals surface area (Å²) in [7, 11) is -9.18. The molecule has 152 valence electrons. The smallest absolute Gasteiger partial charge is 0.256 e. The zero-order chi connectivity index (χ0) is 19.9. The van der Waals surface area contributed by atoms with E-state index in [0.717, 1.165) is 4.41 Å². The van der Waals surface area contributed by atoms with Gasteiger partial charge in [-0.3, -0.25) is 0 Å². The molecule has 0 aliphatic carbocycles. The minimum absolute atomic E-state index is 0.0238. The highest BCUT2D eigenvalue weighted by atomic mass is 32.2. The lowest BCUT2D eigenvalue weighted by molar-refractivity contribution is 0.229. The van der Waals surface area contributed by atoms with Crippen LogP contribution in [-0.4, -0.2) is 71.9 Å². The van der Waals surface area contributed by atoms with Crippen LogP contribution in [0.3, 0.4) is 0 Å².